The van der Waals surface area contributed by atoms with Gasteiger partial charge in [-0.15, -0.1) is 11.8 Å². The van der Waals surface area contributed by atoms with Crippen LogP contribution in [0.15, 0.2) is 58.3 Å². The molecule has 1 N–H and O–H groups in total. The summed E-state index contributed by atoms with van der Waals surface area (Å²) in [6.07, 6.45) is 5.61. The van der Waals surface area contributed by atoms with E-state index in [-0.39, 0.29) is 4.90 Å². The molecule has 31 heavy (non-hydrogen) atoms. The fraction of sp³-hybridized carbons (Fsp3) is 0.364. The Morgan fingerprint density at radius 1 is 1.03 bits per heavy atom. The second-order valence-electron chi connectivity index (χ2n) is 7.17. The highest BCUT2D eigenvalue weighted by Crippen LogP contribution is 2.23. The van der Waals surface area contributed by atoms with Crippen molar-refractivity contribution in [2.75, 3.05) is 31.3 Å². The number of carbonyl (C=O) groups excluding carboxylic acids is 2. The molecule has 0 atom stereocenters. The zero-order chi connectivity index (χ0) is 22.3. The molecular weight excluding hydrogens is 436 g/mol. The molecule has 0 bridgehead atoms. The zero-order valence-electron chi connectivity index (χ0n) is 17.4. The summed E-state index contributed by atoms with van der Waals surface area (Å²) < 4.78 is 32.5. The van der Waals surface area contributed by atoms with Crippen LogP contribution in [0.25, 0.3) is 0 Å². The molecule has 2 aromatic carbocycles. The van der Waals surface area contributed by atoms with Crippen LogP contribution in [0, 0.1) is 0 Å². The van der Waals surface area contributed by atoms with Crippen molar-refractivity contribution in [2.45, 2.75) is 35.5 Å². The van der Waals surface area contributed by atoms with Gasteiger partial charge in [-0.05, 0) is 49.4 Å². The van der Waals surface area contributed by atoms with E-state index in [1.165, 1.54) is 28.2 Å². The van der Waals surface area contributed by atoms with Gasteiger partial charge in [0.05, 0.1) is 10.5 Å². The summed E-state index contributed by atoms with van der Waals surface area (Å²) in [6.45, 7) is 0.545. The van der Waals surface area contributed by atoms with Crippen LogP contribution in [0.2, 0.25) is 0 Å². The van der Waals surface area contributed by atoms with Crippen LogP contribution in [-0.4, -0.2) is 50.6 Å². The second-order valence-corrected chi connectivity index (χ2v) is 9.96. The van der Waals surface area contributed by atoms with Gasteiger partial charge in [-0.2, -0.15) is 4.31 Å². The third-order valence-corrected chi connectivity index (χ3v) is 7.67. The summed E-state index contributed by atoms with van der Waals surface area (Å²) in [4.78, 5) is 25.4. The van der Waals surface area contributed by atoms with Crippen LogP contribution in [0.4, 0.5) is 5.69 Å². The first kappa shape index (κ1) is 23.3. The lowest BCUT2D eigenvalue weighted by Gasteiger charge is -2.20. The largest absolute Gasteiger partial charge is 0.452 e. The van der Waals surface area contributed by atoms with E-state index in [0.29, 0.717) is 24.3 Å². The maximum absolute atomic E-state index is 13.0. The quantitative estimate of drug-likeness (QED) is 0.497. The topological polar surface area (TPSA) is 92.8 Å². The van der Waals surface area contributed by atoms with E-state index in [4.69, 9.17) is 4.74 Å². The Bertz CT molecular complexity index is 1030. The number of anilines is 1. The number of rotatable bonds is 7. The minimum Gasteiger partial charge on any atom is -0.452 e. The van der Waals surface area contributed by atoms with Gasteiger partial charge in [0, 0.05) is 23.7 Å². The molecule has 1 heterocycles. The van der Waals surface area contributed by atoms with Crippen LogP contribution in [0.1, 0.15) is 36.0 Å². The SMILES string of the molecule is CSc1ccccc1C(=O)OCC(=O)Nc1cccc(S(=O)(=O)N2CCCCCC2)c1. The number of hydrogen-bond acceptors (Lipinski definition) is 6. The minimum absolute atomic E-state index is 0.137. The number of esters is 1. The molecule has 0 radical (unpaired) electrons. The fourth-order valence-electron chi connectivity index (χ4n) is 3.38. The number of carbonyl (C=O) groups is 2. The molecule has 3 rings (SSSR count). The monoisotopic (exact) mass is 462 g/mol. The standard InChI is InChI=1S/C22H26N2O5S2/c1-30-20-12-5-4-11-19(20)22(26)29-16-21(25)23-17-9-8-10-18(15-17)31(27,28)24-13-6-2-3-7-14-24/h4-5,8-12,15H,2-3,6-7,13-14,16H2,1H3,(H,23,25). The number of nitrogens with one attached hydrogen (secondary N) is 1. The van der Waals surface area contributed by atoms with E-state index in [1.54, 1.807) is 30.3 Å². The van der Waals surface area contributed by atoms with Gasteiger partial charge < -0.3 is 10.1 Å². The lowest BCUT2D eigenvalue weighted by molar-refractivity contribution is -0.119. The first-order valence-electron chi connectivity index (χ1n) is 10.1. The van der Waals surface area contributed by atoms with E-state index in [9.17, 15) is 18.0 Å². The molecule has 0 saturated carbocycles. The highest BCUT2D eigenvalue weighted by atomic mass is 32.2. The number of thioether (sulfide) groups is 1. The Balaban J connectivity index is 1.62. The van der Waals surface area contributed by atoms with Gasteiger partial charge in [-0.25, -0.2) is 13.2 Å². The lowest BCUT2D eigenvalue weighted by atomic mass is 10.2. The van der Waals surface area contributed by atoms with E-state index in [2.05, 4.69) is 5.32 Å². The molecule has 1 aliphatic heterocycles. The Morgan fingerprint density at radius 3 is 2.45 bits per heavy atom. The third kappa shape index (κ3) is 6.09. The minimum atomic E-state index is -3.62. The first-order chi connectivity index (χ1) is 14.9. The molecule has 1 fully saturated rings. The molecule has 1 amide bonds. The van der Waals surface area contributed by atoms with Gasteiger partial charge in [-0.1, -0.05) is 31.0 Å². The summed E-state index contributed by atoms with van der Waals surface area (Å²) >= 11 is 1.42. The Hall–Kier alpha value is -2.36. The fourth-order valence-corrected chi connectivity index (χ4v) is 5.53. The van der Waals surface area contributed by atoms with E-state index >= 15 is 0 Å². The summed E-state index contributed by atoms with van der Waals surface area (Å²) in [5.41, 5.74) is 0.731. The van der Waals surface area contributed by atoms with Crippen LogP contribution in [-0.2, 0) is 19.6 Å². The predicted molar refractivity (Wildman–Crippen MR) is 121 cm³/mol. The Morgan fingerprint density at radius 2 is 1.74 bits per heavy atom. The number of ether oxygens (including phenoxy) is 1. The second kappa shape index (κ2) is 10.8. The molecule has 0 aliphatic carbocycles. The molecule has 0 aromatic heterocycles. The molecule has 2 aromatic rings. The number of benzene rings is 2. The van der Waals surface area contributed by atoms with Crippen molar-refractivity contribution in [1.82, 2.24) is 4.31 Å². The highest BCUT2D eigenvalue weighted by Gasteiger charge is 2.25. The van der Waals surface area contributed by atoms with E-state index in [1.807, 2.05) is 12.3 Å². The molecule has 7 nitrogen and oxygen atoms in total. The smallest absolute Gasteiger partial charge is 0.339 e. The number of nitrogens with zero attached hydrogens (tertiary/aromatic N) is 1. The van der Waals surface area contributed by atoms with Crippen LogP contribution in [0.5, 0.6) is 0 Å². The molecule has 0 spiro atoms. The molecule has 0 unspecified atom stereocenters. The number of amides is 1. The van der Waals surface area contributed by atoms with Crippen molar-refractivity contribution in [3.63, 3.8) is 0 Å². The van der Waals surface area contributed by atoms with E-state index < -0.39 is 28.5 Å². The molecule has 9 heteroatoms. The van der Waals surface area contributed by atoms with Crippen molar-refractivity contribution >= 4 is 39.3 Å². The van der Waals surface area contributed by atoms with Gasteiger partial charge >= 0.3 is 5.97 Å². The van der Waals surface area contributed by atoms with Crippen LogP contribution >= 0.6 is 11.8 Å². The van der Waals surface area contributed by atoms with E-state index in [0.717, 1.165) is 30.6 Å². The van der Waals surface area contributed by atoms with Crippen molar-refractivity contribution in [1.29, 1.82) is 0 Å². The maximum atomic E-state index is 13.0. The highest BCUT2D eigenvalue weighted by molar-refractivity contribution is 7.98. The zero-order valence-corrected chi connectivity index (χ0v) is 19.0. The van der Waals surface area contributed by atoms with Gasteiger partial charge in [0.25, 0.3) is 5.91 Å². The van der Waals surface area contributed by atoms with Gasteiger partial charge in [-0.3, -0.25) is 4.79 Å². The lowest BCUT2D eigenvalue weighted by Crippen LogP contribution is -2.32. The summed E-state index contributed by atoms with van der Waals surface area (Å²) in [6, 6.07) is 13.1. The number of sulfonamides is 1. The summed E-state index contributed by atoms with van der Waals surface area (Å²) in [5, 5.41) is 2.60. The maximum Gasteiger partial charge on any atom is 0.339 e. The van der Waals surface area contributed by atoms with Gasteiger partial charge in [0.15, 0.2) is 6.61 Å². The van der Waals surface area contributed by atoms with Crippen molar-refractivity contribution < 1.29 is 22.7 Å². The number of hydrogen-bond donors (Lipinski definition) is 1. The van der Waals surface area contributed by atoms with Crippen LogP contribution < -0.4 is 5.32 Å². The Labute approximate surface area is 187 Å². The van der Waals surface area contributed by atoms with Crippen molar-refractivity contribution in [3.8, 4) is 0 Å². The molecule has 1 aliphatic rings. The van der Waals surface area contributed by atoms with Gasteiger partial charge in [0.1, 0.15) is 0 Å². The van der Waals surface area contributed by atoms with Gasteiger partial charge in [0.2, 0.25) is 10.0 Å². The molecule has 166 valence electrons. The van der Waals surface area contributed by atoms with Crippen molar-refractivity contribution in [2.24, 2.45) is 0 Å². The average molecular weight is 463 g/mol. The normalized spacial score (nSPS) is 15.1. The van der Waals surface area contributed by atoms with Crippen molar-refractivity contribution in [3.05, 3.63) is 54.1 Å². The third-order valence-electron chi connectivity index (χ3n) is 4.98. The summed E-state index contributed by atoms with van der Waals surface area (Å²) in [5.74, 6) is -1.13. The predicted octanol–water partition coefficient (Wildman–Crippen LogP) is 3.77. The summed E-state index contributed by atoms with van der Waals surface area (Å²) in [7, 11) is -3.62. The Kier molecular flexibility index (Phi) is 8.11. The van der Waals surface area contributed by atoms with Crippen LogP contribution in [0.3, 0.4) is 0 Å². The first-order valence-corrected chi connectivity index (χ1v) is 12.8. The molecular formula is C22H26N2O5S2. The molecule has 1 saturated heterocycles. The average Bonchev–Trinajstić information content (AvgIpc) is 3.08.